The molecular formula is C34H23BrN2O4. The number of carbonyl (C=O) groups is 3. The highest BCUT2D eigenvalue weighted by Gasteiger charge is 2.43. The Morgan fingerprint density at radius 2 is 1.20 bits per heavy atom. The highest BCUT2D eigenvalue weighted by molar-refractivity contribution is 9.10. The van der Waals surface area contributed by atoms with Crippen LogP contribution in [-0.2, 0) is 16.2 Å². The Morgan fingerprint density at radius 1 is 0.634 bits per heavy atom. The number of hydrogen-bond donors (Lipinski definition) is 0. The van der Waals surface area contributed by atoms with Gasteiger partial charge in [-0.1, -0.05) is 101 Å². The van der Waals surface area contributed by atoms with E-state index in [1.807, 2.05) is 60.7 Å². The summed E-state index contributed by atoms with van der Waals surface area (Å²) in [4.78, 5) is 43.6. The molecule has 6 rings (SSSR count). The van der Waals surface area contributed by atoms with E-state index >= 15 is 0 Å². The quantitative estimate of drug-likeness (QED) is 0.147. The lowest BCUT2D eigenvalue weighted by atomic mass is 9.99. The Labute approximate surface area is 245 Å². The van der Waals surface area contributed by atoms with E-state index in [-0.39, 0.29) is 12.2 Å². The van der Waals surface area contributed by atoms with Crippen molar-refractivity contribution in [3.63, 3.8) is 0 Å². The van der Waals surface area contributed by atoms with Gasteiger partial charge in [0.15, 0.2) is 0 Å². The molecule has 0 aromatic heterocycles. The van der Waals surface area contributed by atoms with Crippen LogP contribution in [0.15, 0.2) is 131 Å². The standard InChI is InChI=1S/C34H23BrN2O4/c35-30-18-10-8-12-24(30)22-41-31-20-19-23-11-7-9-17-27(23)28(31)21-29-32(38)36(25-13-3-1-4-14-25)34(40)37(33(29)39)26-15-5-2-6-16-26/h1-21H,22H2. The van der Waals surface area contributed by atoms with Crippen LogP contribution in [0.2, 0.25) is 0 Å². The number of carbonyl (C=O) groups excluding carboxylic acids is 3. The molecule has 41 heavy (non-hydrogen) atoms. The number of benzene rings is 5. The van der Waals surface area contributed by atoms with E-state index < -0.39 is 17.8 Å². The molecule has 1 aliphatic rings. The third-order valence-electron chi connectivity index (χ3n) is 6.84. The number of urea groups is 1. The summed E-state index contributed by atoms with van der Waals surface area (Å²) in [5, 5.41) is 1.72. The molecule has 0 unspecified atom stereocenters. The monoisotopic (exact) mass is 602 g/mol. The largest absolute Gasteiger partial charge is 0.488 e. The predicted octanol–water partition coefficient (Wildman–Crippen LogP) is 7.76. The molecule has 0 aliphatic carbocycles. The molecule has 5 aromatic rings. The van der Waals surface area contributed by atoms with Gasteiger partial charge in [0, 0.05) is 15.6 Å². The molecule has 1 saturated heterocycles. The maximum absolute atomic E-state index is 13.9. The van der Waals surface area contributed by atoms with Crippen LogP contribution < -0.4 is 14.5 Å². The summed E-state index contributed by atoms with van der Waals surface area (Å²) in [5.41, 5.74) is 2.09. The molecule has 0 atom stereocenters. The van der Waals surface area contributed by atoms with Crippen LogP contribution in [0.4, 0.5) is 16.2 Å². The lowest BCUT2D eigenvalue weighted by Gasteiger charge is -2.34. The molecule has 0 saturated carbocycles. The number of imide groups is 2. The number of anilines is 2. The van der Waals surface area contributed by atoms with Gasteiger partial charge < -0.3 is 4.74 Å². The normalized spacial score (nSPS) is 13.6. The van der Waals surface area contributed by atoms with Gasteiger partial charge >= 0.3 is 6.03 Å². The van der Waals surface area contributed by atoms with E-state index in [9.17, 15) is 14.4 Å². The van der Waals surface area contributed by atoms with Gasteiger partial charge in [-0.15, -0.1) is 0 Å². The van der Waals surface area contributed by atoms with E-state index in [1.165, 1.54) is 0 Å². The number of barbiturate groups is 1. The predicted molar refractivity (Wildman–Crippen MR) is 164 cm³/mol. The lowest BCUT2D eigenvalue weighted by Crippen LogP contribution is -2.57. The van der Waals surface area contributed by atoms with E-state index in [4.69, 9.17) is 4.74 Å². The van der Waals surface area contributed by atoms with Crippen LogP contribution in [0, 0.1) is 0 Å². The Hall–Kier alpha value is -5.01. The molecule has 0 spiro atoms. The zero-order valence-corrected chi connectivity index (χ0v) is 23.3. The zero-order chi connectivity index (χ0) is 28.3. The molecule has 1 heterocycles. The van der Waals surface area contributed by atoms with Crippen molar-refractivity contribution in [3.05, 3.63) is 143 Å². The fraction of sp³-hybridized carbons (Fsp3) is 0.0294. The molecule has 0 N–H and O–H groups in total. The SMILES string of the molecule is O=C1C(=Cc2c(OCc3ccccc3Br)ccc3ccccc23)C(=O)N(c2ccccc2)C(=O)N1c1ccccc1. The van der Waals surface area contributed by atoms with Crippen molar-refractivity contribution < 1.29 is 19.1 Å². The number of nitrogens with zero attached hydrogens (tertiary/aromatic N) is 2. The summed E-state index contributed by atoms with van der Waals surface area (Å²) in [6.07, 6.45) is 1.54. The highest BCUT2D eigenvalue weighted by Crippen LogP contribution is 2.35. The molecule has 5 aromatic carbocycles. The van der Waals surface area contributed by atoms with Crippen molar-refractivity contribution >= 4 is 62.0 Å². The maximum atomic E-state index is 13.9. The van der Waals surface area contributed by atoms with Crippen molar-refractivity contribution in [1.82, 2.24) is 0 Å². The minimum atomic E-state index is -0.738. The highest BCUT2D eigenvalue weighted by atomic mass is 79.9. The Kier molecular flexibility index (Phi) is 7.18. The Balaban J connectivity index is 1.51. The molecule has 6 nitrogen and oxygen atoms in total. The number of amides is 4. The van der Waals surface area contributed by atoms with Crippen molar-refractivity contribution in [2.45, 2.75) is 6.61 Å². The second-order valence-corrected chi connectivity index (χ2v) is 10.2. The Morgan fingerprint density at radius 3 is 1.83 bits per heavy atom. The number of hydrogen-bond acceptors (Lipinski definition) is 4. The smallest absolute Gasteiger partial charge is 0.343 e. The summed E-state index contributed by atoms with van der Waals surface area (Å²) in [6.45, 7) is 0.266. The second-order valence-electron chi connectivity index (χ2n) is 9.37. The van der Waals surface area contributed by atoms with Crippen molar-refractivity contribution in [2.24, 2.45) is 0 Å². The average Bonchev–Trinajstić information content (AvgIpc) is 3.00. The molecule has 0 radical (unpaired) electrons. The van der Waals surface area contributed by atoms with Crippen LogP contribution in [0.5, 0.6) is 5.75 Å². The molecule has 4 amide bonds. The first-order valence-electron chi connectivity index (χ1n) is 13.0. The number of halogens is 1. The number of ether oxygens (including phenoxy) is 1. The first kappa shape index (κ1) is 26.2. The van der Waals surface area contributed by atoms with Gasteiger partial charge in [-0.05, 0) is 53.2 Å². The number of rotatable bonds is 6. The first-order valence-corrected chi connectivity index (χ1v) is 13.7. The second kappa shape index (κ2) is 11.2. The summed E-state index contributed by atoms with van der Waals surface area (Å²) >= 11 is 3.56. The number of fused-ring (bicyclic) bond motifs is 1. The van der Waals surface area contributed by atoms with Crippen LogP contribution in [0.3, 0.4) is 0 Å². The molecule has 1 aliphatic heterocycles. The Bertz CT molecular complexity index is 1760. The van der Waals surface area contributed by atoms with Crippen molar-refractivity contribution in [3.8, 4) is 5.75 Å². The number of para-hydroxylation sites is 2. The van der Waals surface area contributed by atoms with Gasteiger partial charge in [-0.3, -0.25) is 9.59 Å². The molecule has 7 heteroatoms. The van der Waals surface area contributed by atoms with Gasteiger partial charge in [-0.2, -0.15) is 0 Å². The lowest BCUT2D eigenvalue weighted by molar-refractivity contribution is -0.121. The van der Waals surface area contributed by atoms with Crippen molar-refractivity contribution in [1.29, 1.82) is 0 Å². The van der Waals surface area contributed by atoms with Crippen LogP contribution in [0.1, 0.15) is 11.1 Å². The van der Waals surface area contributed by atoms with Crippen LogP contribution in [0.25, 0.3) is 16.8 Å². The fourth-order valence-electron chi connectivity index (χ4n) is 4.80. The van der Waals surface area contributed by atoms with Crippen LogP contribution in [-0.4, -0.2) is 17.8 Å². The first-order chi connectivity index (χ1) is 20.0. The molecule has 200 valence electrons. The van der Waals surface area contributed by atoms with Crippen LogP contribution >= 0.6 is 15.9 Å². The molecule has 1 fully saturated rings. The summed E-state index contributed by atoms with van der Waals surface area (Å²) in [7, 11) is 0. The third kappa shape index (κ3) is 5.03. The maximum Gasteiger partial charge on any atom is 0.343 e. The van der Waals surface area contributed by atoms with E-state index in [0.29, 0.717) is 22.7 Å². The third-order valence-corrected chi connectivity index (χ3v) is 7.61. The minimum Gasteiger partial charge on any atom is -0.488 e. The summed E-state index contributed by atoms with van der Waals surface area (Å²) in [6, 6.07) is 35.7. The average molecular weight is 603 g/mol. The summed E-state index contributed by atoms with van der Waals surface area (Å²) in [5.74, 6) is -0.909. The zero-order valence-electron chi connectivity index (χ0n) is 21.7. The van der Waals surface area contributed by atoms with Gasteiger partial charge in [0.25, 0.3) is 11.8 Å². The van der Waals surface area contributed by atoms with Gasteiger partial charge in [0.2, 0.25) is 0 Å². The molecular weight excluding hydrogens is 580 g/mol. The van der Waals surface area contributed by atoms with Gasteiger partial charge in [0.05, 0.1) is 11.4 Å². The topological polar surface area (TPSA) is 66.9 Å². The van der Waals surface area contributed by atoms with Gasteiger partial charge in [-0.25, -0.2) is 14.6 Å². The fourth-order valence-corrected chi connectivity index (χ4v) is 5.20. The van der Waals surface area contributed by atoms with Crippen molar-refractivity contribution in [2.75, 3.05) is 9.80 Å². The minimum absolute atomic E-state index is 0.153. The summed E-state index contributed by atoms with van der Waals surface area (Å²) < 4.78 is 7.19. The van der Waals surface area contributed by atoms with E-state index in [1.54, 1.807) is 66.7 Å². The van der Waals surface area contributed by atoms with E-state index in [0.717, 1.165) is 30.6 Å². The van der Waals surface area contributed by atoms with Gasteiger partial charge in [0.1, 0.15) is 17.9 Å². The van der Waals surface area contributed by atoms with E-state index in [2.05, 4.69) is 15.9 Å². The molecule has 0 bridgehead atoms.